The molecule has 2 aromatic heterocycles. The number of fused-ring (bicyclic) bond motifs is 1. The zero-order valence-electron chi connectivity index (χ0n) is 19.8. The van der Waals surface area contributed by atoms with Crippen LogP contribution in [0.2, 0.25) is 0 Å². The number of nitrogens with zero attached hydrogens (tertiary/aromatic N) is 3. The zero-order valence-corrected chi connectivity index (χ0v) is 20.6. The van der Waals surface area contributed by atoms with E-state index < -0.39 is 0 Å². The first-order valence-electron chi connectivity index (χ1n) is 11.4. The van der Waals surface area contributed by atoms with Crippen molar-refractivity contribution in [1.29, 1.82) is 0 Å². The molecule has 0 aliphatic carbocycles. The summed E-state index contributed by atoms with van der Waals surface area (Å²) < 4.78 is 31.8. The molecule has 0 radical (unpaired) electrons. The second-order valence-corrected chi connectivity index (χ2v) is 8.43. The lowest BCUT2D eigenvalue weighted by Crippen LogP contribution is -2.30. The first-order valence-corrected chi connectivity index (χ1v) is 12.2. The van der Waals surface area contributed by atoms with Gasteiger partial charge in [0, 0.05) is 11.8 Å². The summed E-state index contributed by atoms with van der Waals surface area (Å²) in [4.78, 5) is 24.4. The number of ether oxygens (including phenoxy) is 3. The van der Waals surface area contributed by atoms with Crippen molar-refractivity contribution < 1.29 is 23.4 Å². The molecule has 7 nitrogen and oxygen atoms in total. The summed E-state index contributed by atoms with van der Waals surface area (Å²) in [6.45, 7) is 6.98. The van der Waals surface area contributed by atoms with Gasteiger partial charge in [-0.3, -0.25) is 14.7 Å². The van der Waals surface area contributed by atoms with Gasteiger partial charge in [-0.25, -0.2) is 9.37 Å². The van der Waals surface area contributed by atoms with Crippen molar-refractivity contribution in [3.8, 4) is 17.2 Å². The Kier molecular flexibility index (Phi) is 7.77. The minimum atomic E-state index is -0.357. The van der Waals surface area contributed by atoms with E-state index in [-0.39, 0.29) is 18.3 Å². The molecule has 0 bridgehead atoms. The number of hydrogen-bond acceptors (Lipinski definition) is 7. The van der Waals surface area contributed by atoms with Crippen LogP contribution < -0.4 is 19.1 Å². The highest BCUT2D eigenvalue weighted by atomic mass is 32.1. The van der Waals surface area contributed by atoms with E-state index in [9.17, 15) is 9.18 Å². The number of carbonyl (C=O) groups excluding carboxylic acids is 1. The molecule has 0 saturated heterocycles. The van der Waals surface area contributed by atoms with Crippen LogP contribution in [-0.2, 0) is 6.54 Å². The van der Waals surface area contributed by atoms with Gasteiger partial charge in [0.25, 0.3) is 5.91 Å². The number of rotatable bonds is 10. The van der Waals surface area contributed by atoms with Gasteiger partial charge in [-0.05, 0) is 63.2 Å². The Hall–Kier alpha value is -3.72. The number of hydrogen-bond donors (Lipinski definition) is 0. The second kappa shape index (κ2) is 11.1. The van der Waals surface area contributed by atoms with Crippen molar-refractivity contribution in [3.05, 3.63) is 71.8 Å². The van der Waals surface area contributed by atoms with Gasteiger partial charge < -0.3 is 14.2 Å². The number of pyridine rings is 1. The maximum Gasteiger partial charge on any atom is 0.260 e. The van der Waals surface area contributed by atoms with Gasteiger partial charge in [-0.2, -0.15) is 0 Å². The predicted molar refractivity (Wildman–Crippen MR) is 134 cm³/mol. The SMILES string of the molecule is CCOc1cc(C(=O)N(Cc2ccccn2)c2nc3ccc(F)cc3s2)cc(OCC)c1OCC. The molecular formula is C26H26FN3O4S. The first-order chi connectivity index (χ1) is 17.0. The van der Waals surface area contributed by atoms with Crippen molar-refractivity contribution in [3.63, 3.8) is 0 Å². The van der Waals surface area contributed by atoms with E-state index in [1.807, 2.05) is 39.0 Å². The topological polar surface area (TPSA) is 73.8 Å². The molecule has 0 saturated carbocycles. The Balaban J connectivity index is 1.81. The van der Waals surface area contributed by atoms with Crippen molar-refractivity contribution in [2.75, 3.05) is 24.7 Å². The Labute approximate surface area is 207 Å². The molecule has 1 amide bonds. The van der Waals surface area contributed by atoms with Gasteiger partial charge in [0.2, 0.25) is 5.75 Å². The van der Waals surface area contributed by atoms with Gasteiger partial charge in [-0.1, -0.05) is 17.4 Å². The predicted octanol–water partition coefficient (Wildman–Crippen LogP) is 5.87. The van der Waals surface area contributed by atoms with Crippen LogP contribution in [-0.4, -0.2) is 35.7 Å². The van der Waals surface area contributed by atoms with Crippen LogP contribution in [0.25, 0.3) is 10.2 Å². The Morgan fingerprint density at radius 1 is 0.971 bits per heavy atom. The van der Waals surface area contributed by atoms with Gasteiger partial charge in [0.1, 0.15) is 5.82 Å². The van der Waals surface area contributed by atoms with Gasteiger partial charge >= 0.3 is 0 Å². The van der Waals surface area contributed by atoms with Crippen LogP contribution in [0.3, 0.4) is 0 Å². The molecule has 0 N–H and O–H groups in total. The average molecular weight is 496 g/mol. The minimum Gasteiger partial charge on any atom is -0.490 e. The standard InChI is InChI=1S/C26H26FN3O4S/c1-4-32-21-13-17(14-22(33-5-2)24(21)34-6-3)25(31)30(16-19-9-7-8-12-28-19)26-29-20-11-10-18(27)15-23(20)35-26/h7-15H,4-6,16H2,1-3H3. The number of benzene rings is 2. The zero-order chi connectivity index (χ0) is 24.8. The Bertz CT molecular complexity index is 1290. The number of anilines is 1. The lowest BCUT2D eigenvalue weighted by Gasteiger charge is -2.22. The molecule has 0 atom stereocenters. The van der Waals surface area contributed by atoms with Crippen LogP contribution in [0.5, 0.6) is 17.2 Å². The molecule has 9 heteroatoms. The third-order valence-corrected chi connectivity index (χ3v) is 6.06. The average Bonchev–Trinajstić information content (AvgIpc) is 3.27. The van der Waals surface area contributed by atoms with E-state index in [0.29, 0.717) is 63.7 Å². The van der Waals surface area contributed by atoms with E-state index in [1.54, 1.807) is 24.4 Å². The third kappa shape index (κ3) is 5.51. The van der Waals surface area contributed by atoms with Crippen LogP contribution in [0.1, 0.15) is 36.8 Å². The smallest absolute Gasteiger partial charge is 0.260 e. The lowest BCUT2D eigenvalue weighted by atomic mass is 10.1. The number of aromatic nitrogens is 2. The molecule has 0 aliphatic rings. The molecule has 4 aromatic rings. The maximum atomic E-state index is 13.9. The van der Waals surface area contributed by atoms with E-state index in [2.05, 4.69) is 9.97 Å². The molecule has 35 heavy (non-hydrogen) atoms. The highest BCUT2D eigenvalue weighted by Gasteiger charge is 2.26. The number of amides is 1. The third-order valence-electron chi connectivity index (χ3n) is 5.02. The van der Waals surface area contributed by atoms with Crippen LogP contribution in [0.15, 0.2) is 54.7 Å². The second-order valence-electron chi connectivity index (χ2n) is 7.42. The fourth-order valence-electron chi connectivity index (χ4n) is 3.55. The van der Waals surface area contributed by atoms with Gasteiger partial charge in [-0.15, -0.1) is 0 Å². The fraction of sp³-hybridized carbons (Fsp3) is 0.269. The van der Waals surface area contributed by atoms with Crippen molar-refractivity contribution in [2.45, 2.75) is 27.3 Å². The maximum absolute atomic E-state index is 13.9. The summed E-state index contributed by atoms with van der Waals surface area (Å²) in [6.07, 6.45) is 1.67. The molecular weight excluding hydrogens is 469 g/mol. The van der Waals surface area contributed by atoms with Crippen LogP contribution in [0, 0.1) is 5.82 Å². The summed E-state index contributed by atoms with van der Waals surface area (Å²) in [5.74, 6) is 0.629. The molecule has 0 fully saturated rings. The van der Waals surface area contributed by atoms with Gasteiger partial charge in [0.05, 0.1) is 42.3 Å². The number of thiazole rings is 1. The normalized spacial score (nSPS) is 10.9. The molecule has 0 spiro atoms. The number of halogens is 1. The van der Waals surface area contributed by atoms with Crippen LogP contribution >= 0.6 is 11.3 Å². The highest BCUT2D eigenvalue weighted by Crippen LogP contribution is 2.40. The largest absolute Gasteiger partial charge is 0.490 e. The van der Waals surface area contributed by atoms with Crippen LogP contribution in [0.4, 0.5) is 9.52 Å². The molecule has 2 aromatic carbocycles. The monoisotopic (exact) mass is 495 g/mol. The molecule has 4 rings (SSSR count). The summed E-state index contributed by atoms with van der Waals surface area (Å²) in [5.41, 5.74) is 1.65. The van der Waals surface area contributed by atoms with E-state index >= 15 is 0 Å². The Morgan fingerprint density at radius 2 is 1.69 bits per heavy atom. The summed E-state index contributed by atoms with van der Waals surface area (Å²) in [7, 11) is 0. The van der Waals surface area contributed by atoms with Crippen molar-refractivity contribution >= 4 is 32.6 Å². The summed E-state index contributed by atoms with van der Waals surface area (Å²) in [5, 5.41) is 0.436. The fourth-order valence-corrected chi connectivity index (χ4v) is 4.54. The molecule has 2 heterocycles. The van der Waals surface area contributed by atoms with E-state index in [4.69, 9.17) is 14.2 Å². The van der Waals surface area contributed by atoms with Crippen molar-refractivity contribution in [1.82, 2.24) is 9.97 Å². The first kappa shape index (κ1) is 24.4. The summed E-state index contributed by atoms with van der Waals surface area (Å²) in [6, 6.07) is 13.2. The molecule has 0 unspecified atom stereocenters. The Morgan fingerprint density at radius 3 is 2.31 bits per heavy atom. The van der Waals surface area contributed by atoms with E-state index in [0.717, 1.165) is 0 Å². The minimum absolute atomic E-state index is 0.184. The number of carbonyl (C=O) groups is 1. The van der Waals surface area contributed by atoms with Gasteiger partial charge in [0.15, 0.2) is 16.6 Å². The molecule has 182 valence electrons. The highest BCUT2D eigenvalue weighted by molar-refractivity contribution is 7.22. The molecule has 0 aliphatic heterocycles. The lowest BCUT2D eigenvalue weighted by molar-refractivity contribution is 0.0983. The quantitative estimate of drug-likeness (QED) is 0.274. The van der Waals surface area contributed by atoms with E-state index in [1.165, 1.54) is 28.4 Å². The van der Waals surface area contributed by atoms with Crippen molar-refractivity contribution in [2.24, 2.45) is 0 Å². The summed E-state index contributed by atoms with van der Waals surface area (Å²) >= 11 is 1.24.